The molecule has 4 aromatic rings. The molecule has 1 aromatic heterocycles. The SMILES string of the molecule is CCOc1cc(C=Nn2c(CC)nc3ccc(Br)cc3c2=O)cc(Br)c1OCc1ccc(Br)cc1. The van der Waals surface area contributed by atoms with Crippen LogP contribution in [-0.4, -0.2) is 22.5 Å². The summed E-state index contributed by atoms with van der Waals surface area (Å²) in [7, 11) is 0. The number of hydrogen-bond acceptors (Lipinski definition) is 5. The number of ether oxygens (including phenoxy) is 2. The van der Waals surface area contributed by atoms with Crippen LogP contribution >= 0.6 is 47.8 Å². The van der Waals surface area contributed by atoms with E-state index in [-0.39, 0.29) is 5.56 Å². The van der Waals surface area contributed by atoms with Gasteiger partial charge in [-0.25, -0.2) is 4.98 Å². The van der Waals surface area contributed by atoms with Crippen molar-refractivity contribution in [2.45, 2.75) is 26.9 Å². The molecule has 0 aliphatic carbocycles. The lowest BCUT2D eigenvalue weighted by atomic mass is 10.2. The summed E-state index contributed by atoms with van der Waals surface area (Å²) in [6, 6.07) is 17.1. The summed E-state index contributed by atoms with van der Waals surface area (Å²) < 4.78 is 15.8. The number of rotatable bonds is 8. The fourth-order valence-electron chi connectivity index (χ4n) is 3.47. The normalized spacial score (nSPS) is 11.3. The largest absolute Gasteiger partial charge is 0.490 e. The molecule has 9 heteroatoms. The highest BCUT2D eigenvalue weighted by molar-refractivity contribution is 9.11. The lowest BCUT2D eigenvalue weighted by Gasteiger charge is -2.15. The summed E-state index contributed by atoms with van der Waals surface area (Å²) in [4.78, 5) is 17.8. The van der Waals surface area contributed by atoms with Crippen molar-refractivity contribution < 1.29 is 9.47 Å². The van der Waals surface area contributed by atoms with Gasteiger partial charge < -0.3 is 9.47 Å². The molecule has 35 heavy (non-hydrogen) atoms. The summed E-state index contributed by atoms with van der Waals surface area (Å²) in [5, 5.41) is 4.98. The third-order valence-corrected chi connectivity index (χ3v) is 6.75. The van der Waals surface area contributed by atoms with Crippen molar-refractivity contribution in [2.75, 3.05) is 6.61 Å². The number of nitrogens with zero attached hydrogens (tertiary/aromatic N) is 3. The Labute approximate surface area is 228 Å². The van der Waals surface area contributed by atoms with E-state index in [2.05, 4.69) is 57.9 Å². The highest BCUT2D eigenvalue weighted by Crippen LogP contribution is 2.37. The molecule has 0 radical (unpaired) electrons. The fourth-order valence-corrected chi connectivity index (χ4v) is 4.67. The molecule has 0 spiro atoms. The molecule has 4 rings (SSSR count). The topological polar surface area (TPSA) is 65.7 Å². The minimum Gasteiger partial charge on any atom is -0.490 e. The standard InChI is InChI=1S/C26H22Br3N3O3/c1-3-24-31-22-10-9-19(28)13-20(22)26(33)32(24)30-14-17-11-21(29)25(23(12-17)34-4-2)35-15-16-5-7-18(27)8-6-16/h5-14H,3-4,15H2,1-2H3. The highest BCUT2D eigenvalue weighted by atomic mass is 79.9. The lowest BCUT2D eigenvalue weighted by molar-refractivity contribution is 0.267. The first-order valence-electron chi connectivity index (χ1n) is 11.0. The molecule has 0 N–H and O–H groups in total. The average molecular weight is 664 g/mol. The number of hydrogen-bond donors (Lipinski definition) is 0. The first kappa shape index (κ1) is 25.6. The van der Waals surface area contributed by atoms with Gasteiger partial charge in [-0.3, -0.25) is 4.79 Å². The van der Waals surface area contributed by atoms with Crippen LogP contribution in [0.4, 0.5) is 0 Å². The van der Waals surface area contributed by atoms with Gasteiger partial charge in [-0.05, 0) is 76.4 Å². The van der Waals surface area contributed by atoms with Crippen LogP contribution in [0.5, 0.6) is 11.5 Å². The Morgan fingerprint density at radius 1 is 0.971 bits per heavy atom. The van der Waals surface area contributed by atoms with Gasteiger partial charge in [0, 0.05) is 15.4 Å². The second-order valence-corrected chi connectivity index (χ2v) is 10.3. The molecule has 0 fully saturated rings. The van der Waals surface area contributed by atoms with Crippen LogP contribution in [0.1, 0.15) is 30.8 Å². The number of aryl methyl sites for hydroxylation is 1. The van der Waals surface area contributed by atoms with Gasteiger partial charge in [-0.15, -0.1) is 0 Å². The maximum absolute atomic E-state index is 13.1. The van der Waals surface area contributed by atoms with E-state index in [1.807, 2.05) is 62.4 Å². The molecule has 3 aromatic carbocycles. The van der Waals surface area contributed by atoms with E-state index < -0.39 is 0 Å². The van der Waals surface area contributed by atoms with E-state index in [0.717, 1.165) is 24.5 Å². The van der Waals surface area contributed by atoms with Crippen molar-refractivity contribution in [3.8, 4) is 11.5 Å². The summed E-state index contributed by atoms with van der Waals surface area (Å²) in [5.74, 6) is 1.78. The molecular formula is C26H22Br3N3O3. The number of benzene rings is 3. The summed E-state index contributed by atoms with van der Waals surface area (Å²) in [6.45, 7) is 4.73. The molecule has 0 unspecified atom stereocenters. The molecule has 0 bridgehead atoms. The van der Waals surface area contributed by atoms with Crippen LogP contribution < -0.4 is 15.0 Å². The molecule has 1 heterocycles. The van der Waals surface area contributed by atoms with E-state index in [9.17, 15) is 4.79 Å². The second kappa shape index (κ2) is 11.5. The van der Waals surface area contributed by atoms with Crippen molar-refractivity contribution in [2.24, 2.45) is 5.10 Å². The Morgan fingerprint density at radius 3 is 2.43 bits per heavy atom. The van der Waals surface area contributed by atoms with Crippen molar-refractivity contribution >= 4 is 64.9 Å². The van der Waals surface area contributed by atoms with Crippen LogP contribution in [0.2, 0.25) is 0 Å². The molecule has 0 aliphatic rings. The minimum atomic E-state index is -0.219. The maximum Gasteiger partial charge on any atom is 0.282 e. The van der Waals surface area contributed by atoms with Crippen molar-refractivity contribution in [3.05, 3.63) is 95.3 Å². The van der Waals surface area contributed by atoms with E-state index >= 15 is 0 Å². The quantitative estimate of drug-likeness (QED) is 0.189. The van der Waals surface area contributed by atoms with Gasteiger partial charge in [0.1, 0.15) is 12.4 Å². The first-order chi connectivity index (χ1) is 16.9. The smallest absolute Gasteiger partial charge is 0.282 e. The van der Waals surface area contributed by atoms with Crippen LogP contribution in [0, 0.1) is 0 Å². The van der Waals surface area contributed by atoms with Crippen LogP contribution in [0.3, 0.4) is 0 Å². The van der Waals surface area contributed by atoms with Crippen LogP contribution in [0.15, 0.2) is 77.9 Å². The maximum atomic E-state index is 13.1. The number of aromatic nitrogens is 2. The summed E-state index contributed by atoms with van der Waals surface area (Å²) in [6.07, 6.45) is 2.19. The van der Waals surface area contributed by atoms with Crippen molar-refractivity contribution in [3.63, 3.8) is 0 Å². The zero-order chi connectivity index (χ0) is 24.9. The van der Waals surface area contributed by atoms with Crippen molar-refractivity contribution in [1.82, 2.24) is 9.66 Å². The molecule has 180 valence electrons. The van der Waals surface area contributed by atoms with E-state index in [1.165, 1.54) is 4.68 Å². The first-order valence-corrected chi connectivity index (χ1v) is 13.4. The molecule has 0 aliphatic heterocycles. The van der Waals surface area contributed by atoms with Gasteiger partial charge in [-0.2, -0.15) is 9.78 Å². The van der Waals surface area contributed by atoms with Crippen molar-refractivity contribution in [1.29, 1.82) is 0 Å². The molecule has 0 atom stereocenters. The van der Waals surface area contributed by atoms with Gasteiger partial charge in [0.05, 0.1) is 28.2 Å². The predicted octanol–water partition coefficient (Wildman–Crippen LogP) is 7.11. The zero-order valence-corrected chi connectivity index (χ0v) is 23.9. The van der Waals surface area contributed by atoms with E-state index in [4.69, 9.17) is 9.47 Å². The molecule has 0 saturated heterocycles. The monoisotopic (exact) mass is 661 g/mol. The van der Waals surface area contributed by atoms with E-state index in [1.54, 1.807) is 12.3 Å². The van der Waals surface area contributed by atoms with Gasteiger partial charge in [-0.1, -0.05) is 50.9 Å². The third kappa shape index (κ3) is 6.02. The van der Waals surface area contributed by atoms with E-state index in [0.29, 0.717) is 47.9 Å². The Kier molecular flexibility index (Phi) is 8.41. The minimum absolute atomic E-state index is 0.219. The Balaban J connectivity index is 1.67. The zero-order valence-electron chi connectivity index (χ0n) is 19.1. The lowest BCUT2D eigenvalue weighted by Crippen LogP contribution is -2.22. The van der Waals surface area contributed by atoms with Gasteiger partial charge in [0.15, 0.2) is 11.5 Å². The molecular weight excluding hydrogens is 642 g/mol. The van der Waals surface area contributed by atoms with Gasteiger partial charge >= 0.3 is 0 Å². The second-order valence-electron chi connectivity index (χ2n) is 7.58. The summed E-state index contributed by atoms with van der Waals surface area (Å²) in [5.41, 5.74) is 2.22. The molecule has 0 saturated carbocycles. The van der Waals surface area contributed by atoms with Crippen LogP contribution in [0.25, 0.3) is 10.9 Å². The van der Waals surface area contributed by atoms with Gasteiger partial charge in [0.25, 0.3) is 5.56 Å². The molecule has 6 nitrogen and oxygen atoms in total. The Hall–Kier alpha value is -2.49. The number of fused-ring (bicyclic) bond motifs is 1. The highest BCUT2D eigenvalue weighted by Gasteiger charge is 2.13. The predicted molar refractivity (Wildman–Crippen MR) is 150 cm³/mol. The Morgan fingerprint density at radius 2 is 1.71 bits per heavy atom. The average Bonchev–Trinajstić information content (AvgIpc) is 2.84. The summed E-state index contributed by atoms with van der Waals surface area (Å²) >= 11 is 10.5. The van der Waals surface area contributed by atoms with Gasteiger partial charge in [0.2, 0.25) is 0 Å². The number of halogens is 3. The Bertz CT molecular complexity index is 1450. The third-order valence-electron chi connectivity index (χ3n) is 5.14. The fraction of sp³-hybridized carbons (Fsp3) is 0.192. The molecule has 0 amide bonds. The van der Waals surface area contributed by atoms with Crippen LogP contribution in [-0.2, 0) is 13.0 Å².